The number of hydrogen-bond donors (Lipinski definition) is 0. The van der Waals surface area contributed by atoms with Crippen molar-refractivity contribution in [2.45, 2.75) is 33.1 Å². The minimum Gasteiger partial charge on any atom is -0.462 e. The van der Waals surface area contributed by atoms with Gasteiger partial charge in [0.15, 0.2) is 11.6 Å². The second-order valence-electron chi connectivity index (χ2n) is 8.21. The average molecular weight is 435 g/mol. The van der Waals surface area contributed by atoms with Crippen LogP contribution in [0.1, 0.15) is 38.7 Å². The van der Waals surface area contributed by atoms with E-state index in [0.29, 0.717) is 17.0 Å². The van der Waals surface area contributed by atoms with E-state index in [2.05, 4.69) is 13.0 Å². The van der Waals surface area contributed by atoms with Crippen LogP contribution in [0, 0.1) is 23.4 Å². The van der Waals surface area contributed by atoms with Gasteiger partial charge >= 0.3 is 0 Å². The molecule has 0 aromatic heterocycles. The summed E-state index contributed by atoms with van der Waals surface area (Å²) in [7, 11) is 0. The zero-order chi connectivity index (χ0) is 22.7. The number of ether oxygens (including phenoxy) is 1. The van der Waals surface area contributed by atoms with Gasteiger partial charge in [0, 0.05) is 11.1 Å². The highest BCUT2D eigenvalue weighted by atomic mass is 19.2. The highest BCUT2D eigenvalue weighted by Crippen LogP contribution is 2.34. The van der Waals surface area contributed by atoms with Gasteiger partial charge in [0.05, 0.1) is 6.26 Å². The first-order valence-corrected chi connectivity index (χ1v) is 10.8. The van der Waals surface area contributed by atoms with E-state index in [4.69, 9.17) is 4.74 Å². The molecule has 0 bridgehead atoms. The fraction of sp³-hybridized carbons (Fsp3) is 0.214. The molecule has 0 heterocycles. The molecule has 3 aromatic carbocycles. The lowest BCUT2D eigenvalue weighted by molar-refractivity contribution is 0.415. The van der Waals surface area contributed by atoms with Crippen LogP contribution in [0.5, 0.6) is 5.75 Å². The topological polar surface area (TPSA) is 9.23 Å². The van der Waals surface area contributed by atoms with Crippen molar-refractivity contribution in [1.29, 1.82) is 0 Å². The molecule has 1 aliphatic carbocycles. The third-order valence-electron chi connectivity index (χ3n) is 5.90. The van der Waals surface area contributed by atoms with Crippen LogP contribution in [0.3, 0.4) is 0 Å². The maximum absolute atomic E-state index is 14.8. The van der Waals surface area contributed by atoms with Gasteiger partial charge in [-0.3, -0.25) is 0 Å². The molecule has 0 amide bonds. The molecule has 0 aliphatic heterocycles. The maximum Gasteiger partial charge on any atom is 0.201 e. The Morgan fingerprint density at radius 2 is 1.53 bits per heavy atom. The summed E-state index contributed by atoms with van der Waals surface area (Å²) < 4.78 is 48.8. The number of benzene rings is 3. The van der Waals surface area contributed by atoms with Gasteiger partial charge in [0.2, 0.25) is 5.82 Å². The van der Waals surface area contributed by atoms with Crippen LogP contribution in [-0.2, 0) is 0 Å². The number of rotatable bonds is 5. The predicted molar refractivity (Wildman–Crippen MR) is 124 cm³/mol. The van der Waals surface area contributed by atoms with Crippen LogP contribution < -0.4 is 4.74 Å². The molecule has 4 heteroatoms. The third-order valence-corrected chi connectivity index (χ3v) is 5.90. The van der Waals surface area contributed by atoms with Gasteiger partial charge in [0.25, 0.3) is 0 Å². The van der Waals surface area contributed by atoms with Crippen molar-refractivity contribution in [3.05, 3.63) is 96.0 Å². The molecule has 0 saturated carbocycles. The van der Waals surface area contributed by atoms with E-state index in [9.17, 15) is 13.2 Å². The Morgan fingerprint density at radius 3 is 2.19 bits per heavy atom. The lowest BCUT2D eigenvalue weighted by atomic mass is 9.87. The van der Waals surface area contributed by atoms with Gasteiger partial charge in [-0.2, -0.15) is 4.39 Å². The van der Waals surface area contributed by atoms with Crippen LogP contribution in [-0.4, -0.2) is 0 Å². The van der Waals surface area contributed by atoms with Crippen molar-refractivity contribution >= 4 is 5.57 Å². The van der Waals surface area contributed by atoms with Crippen molar-refractivity contribution in [3.8, 4) is 28.0 Å². The Kier molecular flexibility index (Phi) is 6.50. The molecule has 0 N–H and O–H groups in total. The summed E-state index contributed by atoms with van der Waals surface area (Å²) >= 11 is 0. The lowest BCUT2D eigenvalue weighted by Gasteiger charge is -2.19. The minimum absolute atomic E-state index is 0.141. The molecule has 1 aliphatic rings. The van der Waals surface area contributed by atoms with Crippen LogP contribution in [0.2, 0.25) is 0 Å². The molecule has 164 valence electrons. The molecular weight excluding hydrogens is 409 g/mol. The summed E-state index contributed by atoms with van der Waals surface area (Å²) in [4.78, 5) is 0. The van der Waals surface area contributed by atoms with Crippen molar-refractivity contribution in [2.75, 3.05) is 0 Å². The van der Waals surface area contributed by atoms with Gasteiger partial charge in [-0.25, -0.2) is 8.78 Å². The summed E-state index contributed by atoms with van der Waals surface area (Å²) in [5.74, 6) is -1.76. The van der Waals surface area contributed by atoms with Crippen molar-refractivity contribution in [1.82, 2.24) is 0 Å². The first kappa shape index (κ1) is 21.9. The van der Waals surface area contributed by atoms with E-state index in [1.54, 1.807) is 37.3 Å². The molecule has 0 radical (unpaired) electrons. The average Bonchev–Trinajstić information content (AvgIpc) is 2.81. The van der Waals surface area contributed by atoms with Gasteiger partial charge < -0.3 is 4.74 Å². The van der Waals surface area contributed by atoms with E-state index < -0.39 is 11.6 Å². The Morgan fingerprint density at radius 1 is 0.844 bits per heavy atom. The fourth-order valence-electron chi connectivity index (χ4n) is 3.99. The van der Waals surface area contributed by atoms with Crippen molar-refractivity contribution in [3.63, 3.8) is 0 Å². The second kappa shape index (κ2) is 9.47. The zero-order valence-electron chi connectivity index (χ0n) is 18.2. The Labute approximate surface area is 186 Å². The highest BCUT2D eigenvalue weighted by Gasteiger charge is 2.17. The summed E-state index contributed by atoms with van der Waals surface area (Å²) in [5.41, 5.74) is 3.95. The van der Waals surface area contributed by atoms with Gasteiger partial charge in [-0.15, -0.1) is 0 Å². The van der Waals surface area contributed by atoms with Gasteiger partial charge in [-0.05, 0) is 72.6 Å². The first-order valence-electron chi connectivity index (χ1n) is 10.8. The van der Waals surface area contributed by atoms with E-state index >= 15 is 0 Å². The molecule has 4 rings (SSSR count). The van der Waals surface area contributed by atoms with Gasteiger partial charge in [0.1, 0.15) is 5.82 Å². The molecule has 1 unspecified atom stereocenters. The van der Waals surface area contributed by atoms with Crippen molar-refractivity contribution < 1.29 is 17.9 Å². The number of hydrogen-bond acceptors (Lipinski definition) is 1. The summed E-state index contributed by atoms with van der Waals surface area (Å²) in [6.45, 7) is 3.93. The predicted octanol–water partition coefficient (Wildman–Crippen LogP) is 8.55. The molecule has 0 spiro atoms. The van der Waals surface area contributed by atoms with Crippen LogP contribution in [0.4, 0.5) is 13.2 Å². The fourth-order valence-corrected chi connectivity index (χ4v) is 3.99. The normalized spacial score (nSPS) is 16.3. The number of halogens is 3. The van der Waals surface area contributed by atoms with Crippen molar-refractivity contribution in [2.24, 2.45) is 5.92 Å². The van der Waals surface area contributed by atoms with E-state index in [0.717, 1.165) is 36.0 Å². The zero-order valence-corrected chi connectivity index (χ0v) is 18.2. The molecule has 1 atom stereocenters. The molecular formula is C28H25F3O. The van der Waals surface area contributed by atoms with E-state index in [1.165, 1.54) is 24.5 Å². The summed E-state index contributed by atoms with van der Waals surface area (Å²) in [6, 6.07) is 15.1. The third kappa shape index (κ3) is 4.50. The standard InChI is InChI=1S/C28H25F3O/c1-3-16-32-26-15-14-24(27(30)28(26)31)21-10-8-19(9-11-21)22-12-13-23(25(29)17-22)20-6-4-18(2)5-7-20/h3,6,8-18H,4-5,7H2,1-2H3/b16-3-. The smallest absolute Gasteiger partial charge is 0.201 e. The quantitative estimate of drug-likeness (QED) is 0.366. The van der Waals surface area contributed by atoms with Crippen LogP contribution >= 0.6 is 0 Å². The molecule has 0 fully saturated rings. The Balaban J connectivity index is 1.58. The van der Waals surface area contributed by atoms with Crippen LogP contribution in [0.25, 0.3) is 27.8 Å². The lowest BCUT2D eigenvalue weighted by Crippen LogP contribution is -2.02. The monoisotopic (exact) mass is 434 g/mol. The molecule has 0 saturated heterocycles. The molecule has 3 aromatic rings. The highest BCUT2D eigenvalue weighted by molar-refractivity contribution is 5.74. The second-order valence-corrected chi connectivity index (χ2v) is 8.21. The molecule has 1 nitrogen and oxygen atoms in total. The van der Waals surface area contributed by atoms with E-state index in [1.807, 2.05) is 12.1 Å². The maximum atomic E-state index is 14.8. The number of allylic oxidation sites excluding steroid dienone is 3. The summed E-state index contributed by atoms with van der Waals surface area (Å²) in [5, 5.41) is 0. The van der Waals surface area contributed by atoms with E-state index in [-0.39, 0.29) is 17.1 Å². The minimum atomic E-state index is -1.03. The summed E-state index contributed by atoms with van der Waals surface area (Å²) in [6.07, 6.45) is 7.98. The Bertz CT molecular complexity index is 1180. The van der Waals surface area contributed by atoms with Gasteiger partial charge in [-0.1, -0.05) is 55.5 Å². The Hall–Kier alpha value is -3.27. The largest absolute Gasteiger partial charge is 0.462 e. The SMILES string of the molecule is C/C=C\Oc1ccc(-c2ccc(-c3ccc(C4=CCC(C)CC4)c(F)c3)cc2)c(F)c1F. The van der Waals surface area contributed by atoms with Crippen LogP contribution in [0.15, 0.2) is 73.0 Å². The molecule has 32 heavy (non-hydrogen) atoms. The first-order chi connectivity index (χ1) is 15.5.